The highest BCUT2D eigenvalue weighted by Crippen LogP contribution is 2.35. The van der Waals surface area contributed by atoms with Gasteiger partial charge in [0.1, 0.15) is 25.0 Å². The van der Waals surface area contributed by atoms with Crippen molar-refractivity contribution in [3.8, 4) is 17.2 Å². The molecule has 0 radical (unpaired) electrons. The van der Waals surface area contributed by atoms with E-state index in [0.717, 1.165) is 42.6 Å². The number of aromatic nitrogens is 5. The molecule has 0 bridgehead atoms. The summed E-state index contributed by atoms with van der Waals surface area (Å²) >= 11 is 0. The van der Waals surface area contributed by atoms with Crippen LogP contribution in [0.1, 0.15) is 35.8 Å². The van der Waals surface area contributed by atoms with Crippen LogP contribution >= 0.6 is 0 Å². The number of H-pyrrole nitrogens is 1. The first kappa shape index (κ1) is 21.6. The summed E-state index contributed by atoms with van der Waals surface area (Å²) in [5.74, 6) is 2.76. The standard InChI is InChI=1S/C25H26N6O4/c1-33-18-6-4-16(5-7-18)15-31-24(27-28-29-31)23(30-8-2-3-9-30)19-12-17-13-21-22(35-11-10-34-21)14-20(17)26-25(19)32/h4-7,12-14,23H,2-3,8-11,15H2,1H3,(H,26,32). The summed E-state index contributed by atoms with van der Waals surface area (Å²) in [6, 6.07) is 13.1. The lowest BCUT2D eigenvalue weighted by Gasteiger charge is -2.26. The first-order chi connectivity index (χ1) is 17.2. The lowest BCUT2D eigenvalue weighted by atomic mass is 10.0. The zero-order chi connectivity index (χ0) is 23.8. The van der Waals surface area contributed by atoms with Crippen LogP contribution in [0.25, 0.3) is 10.9 Å². The van der Waals surface area contributed by atoms with Crippen LogP contribution in [0, 0.1) is 0 Å². The van der Waals surface area contributed by atoms with Crippen molar-refractivity contribution in [3.05, 3.63) is 69.8 Å². The number of likely N-dealkylation sites (tertiary alicyclic amines) is 1. The van der Waals surface area contributed by atoms with Gasteiger partial charge in [-0.3, -0.25) is 9.69 Å². The van der Waals surface area contributed by atoms with Crippen LogP contribution < -0.4 is 19.8 Å². The molecule has 1 fully saturated rings. The Morgan fingerprint density at radius 2 is 1.80 bits per heavy atom. The van der Waals surface area contributed by atoms with Crippen molar-refractivity contribution in [2.45, 2.75) is 25.4 Å². The van der Waals surface area contributed by atoms with Crippen LogP contribution in [0.2, 0.25) is 0 Å². The van der Waals surface area contributed by atoms with Crippen molar-refractivity contribution in [1.29, 1.82) is 0 Å². The van der Waals surface area contributed by atoms with Crippen molar-refractivity contribution >= 4 is 10.9 Å². The molecular weight excluding hydrogens is 448 g/mol. The van der Waals surface area contributed by atoms with Crippen molar-refractivity contribution in [2.24, 2.45) is 0 Å². The molecule has 1 atom stereocenters. The number of hydrogen-bond donors (Lipinski definition) is 1. The summed E-state index contributed by atoms with van der Waals surface area (Å²) in [6.07, 6.45) is 2.14. The van der Waals surface area contributed by atoms with E-state index in [0.29, 0.717) is 48.2 Å². The first-order valence-corrected chi connectivity index (χ1v) is 11.8. The number of fused-ring (bicyclic) bond motifs is 2. The minimum Gasteiger partial charge on any atom is -0.497 e. The molecule has 4 aromatic rings. The molecule has 4 heterocycles. The quantitative estimate of drug-likeness (QED) is 0.454. The first-order valence-electron chi connectivity index (χ1n) is 11.8. The Kier molecular flexibility index (Phi) is 5.57. The van der Waals surface area contributed by atoms with Gasteiger partial charge in [-0.1, -0.05) is 12.1 Å². The molecule has 2 aromatic carbocycles. The maximum Gasteiger partial charge on any atom is 0.253 e. The smallest absolute Gasteiger partial charge is 0.253 e. The predicted octanol–water partition coefficient (Wildman–Crippen LogP) is 2.53. The van der Waals surface area contributed by atoms with Gasteiger partial charge in [0.05, 0.1) is 19.2 Å². The summed E-state index contributed by atoms with van der Waals surface area (Å²) in [6.45, 7) is 3.23. The van der Waals surface area contributed by atoms with Crippen LogP contribution in [0.5, 0.6) is 17.2 Å². The highest BCUT2D eigenvalue weighted by Gasteiger charge is 2.32. The van der Waals surface area contributed by atoms with Gasteiger partial charge in [-0.25, -0.2) is 4.68 Å². The molecule has 1 unspecified atom stereocenters. The van der Waals surface area contributed by atoms with E-state index in [1.807, 2.05) is 42.5 Å². The monoisotopic (exact) mass is 474 g/mol. The normalized spacial score (nSPS) is 16.5. The van der Waals surface area contributed by atoms with Gasteiger partial charge in [0.15, 0.2) is 17.3 Å². The fourth-order valence-corrected chi connectivity index (χ4v) is 4.89. The number of rotatable bonds is 6. The maximum absolute atomic E-state index is 13.4. The summed E-state index contributed by atoms with van der Waals surface area (Å²) in [4.78, 5) is 18.7. The number of benzene rings is 2. The zero-order valence-corrected chi connectivity index (χ0v) is 19.4. The summed E-state index contributed by atoms with van der Waals surface area (Å²) in [5, 5.41) is 13.5. The fraction of sp³-hybridized carbons (Fsp3) is 0.360. The van der Waals surface area contributed by atoms with Gasteiger partial charge < -0.3 is 19.2 Å². The van der Waals surface area contributed by atoms with E-state index >= 15 is 0 Å². The third-order valence-electron chi connectivity index (χ3n) is 6.63. The number of ether oxygens (including phenoxy) is 3. The number of nitrogens with one attached hydrogen (secondary N) is 1. The topological polar surface area (TPSA) is 107 Å². The second kappa shape index (κ2) is 9.03. The van der Waals surface area contributed by atoms with Crippen molar-refractivity contribution in [3.63, 3.8) is 0 Å². The molecule has 180 valence electrons. The number of pyridine rings is 1. The highest BCUT2D eigenvalue weighted by molar-refractivity contribution is 5.83. The Morgan fingerprint density at radius 3 is 2.54 bits per heavy atom. The Morgan fingerprint density at radius 1 is 1.06 bits per heavy atom. The molecule has 0 spiro atoms. The van der Waals surface area contributed by atoms with E-state index in [1.165, 1.54) is 0 Å². The second-order valence-electron chi connectivity index (χ2n) is 8.83. The summed E-state index contributed by atoms with van der Waals surface area (Å²) in [7, 11) is 1.64. The molecule has 2 aliphatic heterocycles. The van der Waals surface area contributed by atoms with Crippen molar-refractivity contribution < 1.29 is 14.2 Å². The molecular formula is C25H26N6O4. The van der Waals surface area contributed by atoms with Gasteiger partial charge in [-0.2, -0.15) is 0 Å². The predicted molar refractivity (Wildman–Crippen MR) is 128 cm³/mol. The van der Waals surface area contributed by atoms with Gasteiger partial charge in [0.25, 0.3) is 5.56 Å². The van der Waals surface area contributed by atoms with E-state index in [9.17, 15) is 4.79 Å². The number of tetrazole rings is 1. The third-order valence-corrected chi connectivity index (χ3v) is 6.63. The van der Waals surface area contributed by atoms with Crippen LogP contribution in [-0.4, -0.2) is 63.5 Å². The van der Waals surface area contributed by atoms with Gasteiger partial charge in [0.2, 0.25) is 0 Å². The van der Waals surface area contributed by atoms with Crippen LogP contribution in [0.15, 0.2) is 47.3 Å². The molecule has 2 aliphatic rings. The Hall–Kier alpha value is -3.92. The van der Waals surface area contributed by atoms with E-state index in [2.05, 4.69) is 25.4 Å². The summed E-state index contributed by atoms with van der Waals surface area (Å²) in [5.41, 5.74) is 2.20. The molecule has 35 heavy (non-hydrogen) atoms. The van der Waals surface area contributed by atoms with Gasteiger partial charge >= 0.3 is 0 Å². The largest absolute Gasteiger partial charge is 0.497 e. The van der Waals surface area contributed by atoms with E-state index < -0.39 is 0 Å². The van der Waals surface area contributed by atoms with Gasteiger partial charge in [-0.15, -0.1) is 5.10 Å². The molecule has 2 aromatic heterocycles. The average Bonchev–Trinajstić information content (AvgIpc) is 3.57. The molecule has 1 N–H and O–H groups in total. The van der Waals surface area contributed by atoms with Crippen LogP contribution in [-0.2, 0) is 6.54 Å². The van der Waals surface area contributed by atoms with Crippen LogP contribution in [0.4, 0.5) is 0 Å². The molecule has 0 saturated carbocycles. The maximum atomic E-state index is 13.4. The third kappa shape index (κ3) is 4.10. The van der Waals surface area contributed by atoms with Crippen molar-refractivity contribution in [2.75, 3.05) is 33.4 Å². The Labute approximate surface area is 201 Å². The Balaban J connectivity index is 1.42. The number of aromatic amines is 1. The number of hydrogen-bond acceptors (Lipinski definition) is 8. The van der Waals surface area contributed by atoms with Crippen LogP contribution in [0.3, 0.4) is 0 Å². The van der Waals surface area contributed by atoms with E-state index in [1.54, 1.807) is 11.8 Å². The van der Waals surface area contributed by atoms with Crippen molar-refractivity contribution in [1.82, 2.24) is 30.1 Å². The lowest BCUT2D eigenvalue weighted by molar-refractivity contribution is 0.172. The fourth-order valence-electron chi connectivity index (χ4n) is 4.89. The van der Waals surface area contributed by atoms with E-state index in [4.69, 9.17) is 14.2 Å². The molecule has 1 saturated heterocycles. The average molecular weight is 475 g/mol. The molecule has 0 aliphatic carbocycles. The molecule has 6 rings (SSSR count). The Bertz CT molecular complexity index is 1410. The molecule has 0 amide bonds. The SMILES string of the molecule is COc1ccc(Cn2nnnc2C(c2cc3cc4c(cc3[nH]c2=O)OCCO4)N2CCCC2)cc1. The minimum absolute atomic E-state index is 0.162. The second-order valence-corrected chi connectivity index (χ2v) is 8.83. The number of methoxy groups -OCH3 is 1. The molecule has 10 heteroatoms. The minimum atomic E-state index is -0.368. The highest BCUT2D eigenvalue weighted by atomic mass is 16.6. The summed E-state index contributed by atoms with van der Waals surface area (Å²) < 4.78 is 18.5. The lowest BCUT2D eigenvalue weighted by Crippen LogP contribution is -2.33. The van der Waals surface area contributed by atoms with E-state index in [-0.39, 0.29) is 11.6 Å². The number of nitrogens with zero attached hydrogens (tertiary/aromatic N) is 5. The van der Waals surface area contributed by atoms with Gasteiger partial charge in [0, 0.05) is 17.0 Å². The zero-order valence-electron chi connectivity index (χ0n) is 19.4. The van der Waals surface area contributed by atoms with Gasteiger partial charge in [-0.05, 0) is 66.2 Å². The molecule has 10 nitrogen and oxygen atoms in total.